The number of hydrogen-bond donors (Lipinski definition) is 0. The largest absolute Gasteiger partial charge is 0.496 e. The highest BCUT2D eigenvalue weighted by atomic mass is 16.5. The van der Waals surface area contributed by atoms with E-state index < -0.39 is 6.04 Å². The smallest absolute Gasteiger partial charge is 0.328 e. The summed E-state index contributed by atoms with van der Waals surface area (Å²) in [6.07, 6.45) is 2.69. The lowest BCUT2D eigenvalue weighted by molar-refractivity contribution is -0.149. The number of esters is 1. The highest BCUT2D eigenvalue weighted by Gasteiger charge is 2.34. The van der Waals surface area contributed by atoms with Crippen LogP contribution >= 0.6 is 0 Å². The lowest BCUT2D eigenvalue weighted by Gasteiger charge is -2.33. The molecule has 3 rings (SSSR count). The summed E-state index contributed by atoms with van der Waals surface area (Å²) < 4.78 is 27.3. The average Bonchev–Trinajstić information content (AvgIpc) is 3.27. The second-order valence-electron chi connectivity index (χ2n) is 7.22. The molecular formula is C23H29NO7. The Labute approximate surface area is 182 Å². The highest BCUT2D eigenvalue weighted by Crippen LogP contribution is 2.36. The predicted octanol–water partition coefficient (Wildman–Crippen LogP) is 3.45. The Balaban J connectivity index is 1.82. The lowest BCUT2D eigenvalue weighted by atomic mass is 10.0. The van der Waals surface area contributed by atoms with E-state index >= 15 is 0 Å². The molecule has 1 saturated heterocycles. The van der Waals surface area contributed by atoms with E-state index in [1.165, 1.54) is 0 Å². The number of carbonyl (C=O) groups excluding carboxylic acids is 2. The molecule has 2 aromatic rings. The molecule has 1 aromatic heterocycles. The molecule has 0 spiro atoms. The van der Waals surface area contributed by atoms with E-state index in [2.05, 4.69) is 0 Å². The number of carbonyl (C=O) groups is 2. The molecule has 1 amide bonds. The minimum absolute atomic E-state index is 0.192. The van der Waals surface area contributed by atoms with Gasteiger partial charge in [0.25, 0.3) is 5.91 Å². The van der Waals surface area contributed by atoms with Crippen LogP contribution < -0.4 is 14.2 Å². The van der Waals surface area contributed by atoms with Crippen molar-refractivity contribution in [1.82, 2.24) is 4.90 Å². The Morgan fingerprint density at radius 1 is 1.06 bits per heavy atom. The van der Waals surface area contributed by atoms with Crippen LogP contribution in [0.25, 0.3) is 0 Å². The van der Waals surface area contributed by atoms with Crippen LogP contribution in [0.1, 0.15) is 48.1 Å². The number of rotatable bonds is 8. The van der Waals surface area contributed by atoms with Gasteiger partial charge in [-0.15, -0.1) is 0 Å². The van der Waals surface area contributed by atoms with E-state index in [-0.39, 0.29) is 24.2 Å². The van der Waals surface area contributed by atoms with E-state index in [9.17, 15) is 9.59 Å². The van der Waals surface area contributed by atoms with E-state index in [0.29, 0.717) is 42.4 Å². The molecule has 0 bridgehead atoms. The third kappa shape index (κ3) is 4.95. The van der Waals surface area contributed by atoms with Crippen LogP contribution in [0.4, 0.5) is 0 Å². The second kappa shape index (κ2) is 10.2. The topological polar surface area (TPSA) is 87.4 Å². The summed E-state index contributed by atoms with van der Waals surface area (Å²) in [5.74, 6) is 1.90. The van der Waals surface area contributed by atoms with Crippen LogP contribution in [-0.4, -0.2) is 57.3 Å². The van der Waals surface area contributed by atoms with Gasteiger partial charge in [0.05, 0.1) is 27.9 Å². The summed E-state index contributed by atoms with van der Waals surface area (Å²) in [6.45, 7) is 2.54. The van der Waals surface area contributed by atoms with Gasteiger partial charge in [-0.05, 0) is 38.3 Å². The highest BCUT2D eigenvalue weighted by molar-refractivity contribution is 5.94. The van der Waals surface area contributed by atoms with Crippen molar-refractivity contribution >= 4 is 11.9 Å². The fraction of sp³-hybridized carbons (Fsp3) is 0.478. The van der Waals surface area contributed by atoms with Crippen LogP contribution in [0.2, 0.25) is 0 Å². The first-order valence-corrected chi connectivity index (χ1v) is 10.4. The summed E-state index contributed by atoms with van der Waals surface area (Å²) >= 11 is 0. The summed E-state index contributed by atoms with van der Waals surface area (Å²) in [5.41, 5.74) is 0.779. The molecule has 1 aliphatic heterocycles. The van der Waals surface area contributed by atoms with Gasteiger partial charge in [0.15, 0.2) is 5.76 Å². The average molecular weight is 431 g/mol. The molecule has 1 aromatic carbocycles. The van der Waals surface area contributed by atoms with Crippen LogP contribution in [0.3, 0.4) is 0 Å². The molecule has 0 aliphatic carbocycles. The predicted molar refractivity (Wildman–Crippen MR) is 113 cm³/mol. The van der Waals surface area contributed by atoms with Crippen LogP contribution in [-0.2, 0) is 16.0 Å². The van der Waals surface area contributed by atoms with E-state index in [0.717, 1.165) is 18.4 Å². The number of nitrogens with zero attached hydrogens (tertiary/aromatic N) is 1. The molecule has 1 unspecified atom stereocenters. The van der Waals surface area contributed by atoms with Crippen molar-refractivity contribution in [3.8, 4) is 17.2 Å². The molecular weight excluding hydrogens is 402 g/mol. The molecule has 1 aliphatic rings. The Bertz CT molecular complexity index is 895. The van der Waals surface area contributed by atoms with Crippen LogP contribution in [0.15, 0.2) is 28.7 Å². The van der Waals surface area contributed by atoms with Crippen molar-refractivity contribution in [2.24, 2.45) is 0 Å². The Morgan fingerprint density at radius 2 is 1.77 bits per heavy atom. The third-order valence-electron chi connectivity index (χ3n) is 5.36. The van der Waals surface area contributed by atoms with Crippen molar-refractivity contribution in [2.75, 3.05) is 34.5 Å². The zero-order valence-electron chi connectivity index (χ0n) is 18.4. The maximum Gasteiger partial charge on any atom is 0.328 e. The standard InChI is InChI=1S/C23H29NO7/c1-5-30-23(26)18-8-6-7-11-24(18)22(25)19-10-9-15(31-19)12-17-20(28-3)13-16(27-2)14-21(17)29-4/h9-10,13-14,18H,5-8,11-12H2,1-4H3. The SMILES string of the molecule is CCOC(=O)C1CCCCN1C(=O)c1ccc(Cc2c(OC)cc(OC)cc2OC)o1. The van der Waals surface area contributed by atoms with Crippen molar-refractivity contribution in [3.05, 3.63) is 41.3 Å². The quantitative estimate of drug-likeness (QED) is 0.592. The van der Waals surface area contributed by atoms with Gasteiger partial charge in [-0.25, -0.2) is 4.79 Å². The maximum atomic E-state index is 13.1. The number of likely N-dealkylation sites (tertiary alicyclic amines) is 1. The first-order chi connectivity index (χ1) is 15.0. The molecule has 8 heteroatoms. The van der Waals surface area contributed by atoms with Gasteiger partial charge in [-0.2, -0.15) is 0 Å². The second-order valence-corrected chi connectivity index (χ2v) is 7.22. The molecule has 2 heterocycles. The normalized spacial score (nSPS) is 16.0. The minimum Gasteiger partial charge on any atom is -0.496 e. The first-order valence-electron chi connectivity index (χ1n) is 10.4. The molecule has 8 nitrogen and oxygen atoms in total. The zero-order valence-corrected chi connectivity index (χ0v) is 18.4. The first kappa shape index (κ1) is 22.5. The fourth-order valence-electron chi connectivity index (χ4n) is 3.81. The summed E-state index contributed by atoms with van der Waals surface area (Å²) in [6, 6.07) is 6.35. The molecule has 1 atom stereocenters. The number of piperidine rings is 1. The third-order valence-corrected chi connectivity index (χ3v) is 5.36. The Morgan fingerprint density at radius 3 is 2.39 bits per heavy atom. The number of hydrogen-bond acceptors (Lipinski definition) is 7. The minimum atomic E-state index is -0.573. The Hall–Kier alpha value is -3.16. The van der Waals surface area contributed by atoms with Gasteiger partial charge in [-0.3, -0.25) is 4.79 Å². The van der Waals surface area contributed by atoms with Crippen molar-refractivity contribution < 1.29 is 33.0 Å². The van der Waals surface area contributed by atoms with Gasteiger partial charge in [-0.1, -0.05) is 0 Å². The van der Waals surface area contributed by atoms with Crippen LogP contribution in [0, 0.1) is 0 Å². The van der Waals surface area contributed by atoms with Crippen molar-refractivity contribution in [1.29, 1.82) is 0 Å². The van der Waals surface area contributed by atoms with Gasteiger partial charge in [0.1, 0.15) is 29.1 Å². The molecule has 0 saturated carbocycles. The monoisotopic (exact) mass is 431 g/mol. The number of furan rings is 1. The number of methoxy groups -OCH3 is 3. The van der Waals surface area contributed by atoms with Gasteiger partial charge in [0, 0.05) is 30.7 Å². The van der Waals surface area contributed by atoms with E-state index in [4.69, 9.17) is 23.4 Å². The molecule has 0 radical (unpaired) electrons. The number of benzene rings is 1. The molecule has 0 N–H and O–H groups in total. The summed E-state index contributed by atoms with van der Waals surface area (Å²) in [4.78, 5) is 26.9. The number of ether oxygens (including phenoxy) is 4. The molecule has 31 heavy (non-hydrogen) atoms. The van der Waals surface area contributed by atoms with Gasteiger partial charge >= 0.3 is 5.97 Å². The van der Waals surface area contributed by atoms with Gasteiger partial charge in [0.2, 0.25) is 0 Å². The Kier molecular flexibility index (Phi) is 7.44. The van der Waals surface area contributed by atoms with Crippen molar-refractivity contribution in [2.45, 2.75) is 38.6 Å². The number of amides is 1. The molecule has 1 fully saturated rings. The fourth-order valence-corrected chi connectivity index (χ4v) is 3.81. The zero-order chi connectivity index (χ0) is 22.4. The van der Waals surface area contributed by atoms with E-state index in [1.54, 1.807) is 57.4 Å². The van der Waals surface area contributed by atoms with E-state index in [1.807, 2.05) is 0 Å². The van der Waals surface area contributed by atoms with Crippen LogP contribution in [0.5, 0.6) is 17.2 Å². The maximum absolute atomic E-state index is 13.1. The summed E-state index contributed by atoms with van der Waals surface area (Å²) in [7, 11) is 4.71. The summed E-state index contributed by atoms with van der Waals surface area (Å²) in [5, 5.41) is 0. The van der Waals surface area contributed by atoms with Gasteiger partial charge < -0.3 is 28.3 Å². The van der Waals surface area contributed by atoms with Crippen molar-refractivity contribution in [3.63, 3.8) is 0 Å². The lowest BCUT2D eigenvalue weighted by Crippen LogP contribution is -2.48. The molecule has 168 valence electrons.